The van der Waals surface area contributed by atoms with E-state index in [1.807, 2.05) is 0 Å². The third-order valence-corrected chi connectivity index (χ3v) is 21.8. The number of hydrogen-bond donors (Lipinski definition) is 3. The van der Waals surface area contributed by atoms with Gasteiger partial charge in [0.2, 0.25) is 0 Å². The molecule has 0 saturated heterocycles. The van der Waals surface area contributed by atoms with E-state index in [2.05, 4.69) is 34.6 Å². The molecular formula is C83H162O17P2. The third kappa shape index (κ3) is 74.9. The lowest BCUT2D eigenvalue weighted by Crippen LogP contribution is -2.30. The smallest absolute Gasteiger partial charge is 0.462 e. The van der Waals surface area contributed by atoms with Crippen molar-refractivity contribution in [2.45, 2.75) is 464 Å². The van der Waals surface area contributed by atoms with E-state index in [0.717, 1.165) is 95.8 Å². The Labute approximate surface area is 626 Å². The summed E-state index contributed by atoms with van der Waals surface area (Å²) in [6.07, 6.45) is 68.0. The fourth-order valence-corrected chi connectivity index (χ4v) is 14.5. The van der Waals surface area contributed by atoms with Crippen molar-refractivity contribution in [3.8, 4) is 0 Å². The van der Waals surface area contributed by atoms with Crippen molar-refractivity contribution in [2.75, 3.05) is 39.6 Å². The third-order valence-electron chi connectivity index (χ3n) is 19.9. The summed E-state index contributed by atoms with van der Waals surface area (Å²) in [5.74, 6) is -1.23. The first-order chi connectivity index (χ1) is 49.6. The van der Waals surface area contributed by atoms with Crippen LogP contribution in [-0.2, 0) is 65.4 Å². The number of carbonyl (C=O) groups is 4. The summed E-state index contributed by atoms with van der Waals surface area (Å²) in [6.45, 7) is 7.39. The molecule has 0 aliphatic heterocycles. The van der Waals surface area contributed by atoms with Crippen LogP contribution >= 0.6 is 15.6 Å². The van der Waals surface area contributed by atoms with Gasteiger partial charge in [-0.05, 0) is 31.6 Å². The number of aliphatic hydroxyl groups is 1. The Morgan fingerprint density at radius 3 is 0.696 bits per heavy atom. The Hall–Kier alpha value is -1.94. The van der Waals surface area contributed by atoms with Crippen LogP contribution in [0.5, 0.6) is 0 Å². The van der Waals surface area contributed by atoms with Gasteiger partial charge in [0.25, 0.3) is 0 Å². The molecule has 0 fully saturated rings. The van der Waals surface area contributed by atoms with Crippen LogP contribution < -0.4 is 0 Å². The number of rotatable bonds is 83. The van der Waals surface area contributed by atoms with Crippen molar-refractivity contribution in [1.29, 1.82) is 0 Å². The predicted molar refractivity (Wildman–Crippen MR) is 418 cm³/mol. The number of ether oxygens (including phenoxy) is 4. The number of carbonyl (C=O) groups excluding carboxylic acids is 4. The quantitative estimate of drug-likeness (QED) is 0.0222. The molecule has 19 heteroatoms. The number of hydrogen-bond acceptors (Lipinski definition) is 15. The van der Waals surface area contributed by atoms with Crippen LogP contribution in [0.25, 0.3) is 0 Å². The molecule has 3 N–H and O–H groups in total. The van der Waals surface area contributed by atoms with Gasteiger partial charge in [0.15, 0.2) is 12.2 Å². The van der Waals surface area contributed by atoms with Crippen molar-refractivity contribution in [3.05, 3.63) is 0 Å². The van der Waals surface area contributed by atoms with Crippen molar-refractivity contribution < 1.29 is 80.2 Å². The zero-order valence-corrected chi connectivity index (χ0v) is 68.5. The largest absolute Gasteiger partial charge is 0.472 e. The molecule has 0 aromatic carbocycles. The number of phosphoric ester groups is 2. The topological polar surface area (TPSA) is 237 Å². The Morgan fingerprint density at radius 2 is 0.471 bits per heavy atom. The predicted octanol–water partition coefficient (Wildman–Crippen LogP) is 25.2. The minimum Gasteiger partial charge on any atom is -0.462 e. The first-order valence-electron chi connectivity index (χ1n) is 43.2. The van der Waals surface area contributed by atoms with E-state index in [1.54, 1.807) is 0 Å². The molecule has 0 radical (unpaired) electrons. The van der Waals surface area contributed by atoms with Crippen LogP contribution in [0.2, 0.25) is 0 Å². The monoisotopic (exact) mass is 1490 g/mol. The molecule has 0 saturated carbocycles. The second kappa shape index (κ2) is 75.9. The molecule has 0 heterocycles. The maximum absolute atomic E-state index is 13.1. The average Bonchev–Trinajstić information content (AvgIpc) is 0.938. The zero-order valence-electron chi connectivity index (χ0n) is 66.8. The summed E-state index contributed by atoms with van der Waals surface area (Å²) in [6, 6.07) is 0. The number of aliphatic hydroxyl groups excluding tert-OH is 1. The normalized spacial score (nSPS) is 14.1. The van der Waals surface area contributed by atoms with Crippen LogP contribution in [0.1, 0.15) is 446 Å². The molecule has 0 rings (SSSR count). The minimum atomic E-state index is -4.96. The molecule has 0 spiro atoms. The van der Waals surface area contributed by atoms with Crippen LogP contribution in [0.15, 0.2) is 0 Å². The second-order valence-electron chi connectivity index (χ2n) is 30.1. The number of unbranched alkanes of at least 4 members (excludes halogenated alkanes) is 54. The van der Waals surface area contributed by atoms with Gasteiger partial charge in [0, 0.05) is 25.7 Å². The van der Waals surface area contributed by atoms with Gasteiger partial charge in [0.1, 0.15) is 19.3 Å². The highest BCUT2D eigenvalue weighted by Gasteiger charge is 2.30. The summed E-state index contributed by atoms with van der Waals surface area (Å²) in [5.41, 5.74) is 0. The standard InChI is InChI=1S/C83H162O17P2/c1-6-10-13-16-19-22-24-26-27-28-29-33-36-39-43-47-52-57-62-67-81(86)94-73-79(100-83(88)69-64-59-54-49-44-40-37-34-31-30-32-35-38-41-46-50-55-60-65-76(5)9-4)75-98-102(91,92)96-71-77(84)70-95-101(89,90)97-74-78(72-93-80(85)66-61-56-51-45-21-18-15-12-8-3)99-82(87)68-63-58-53-48-42-25-23-20-17-14-11-7-2/h76-79,84H,6-75H2,1-5H3,(H,89,90)(H,91,92)/t76?,77-,78+,79+/m0/s1. The molecule has 0 aliphatic carbocycles. The van der Waals surface area contributed by atoms with Crippen LogP contribution in [-0.4, -0.2) is 96.7 Å². The fourth-order valence-electron chi connectivity index (χ4n) is 12.9. The van der Waals surface area contributed by atoms with Crippen molar-refractivity contribution >= 4 is 39.5 Å². The minimum absolute atomic E-state index is 0.108. The SMILES string of the molecule is CCCCCCCCCCCCCCCCCCCCCC(=O)OC[C@H](COP(=O)(O)OC[C@@H](O)COP(=O)(O)OC[C@@H](COC(=O)CCCCCCCCCCC)OC(=O)CCCCCCCCCCCCCC)OC(=O)CCCCCCCCCCCCCCCCCCCCC(C)CC. The van der Waals surface area contributed by atoms with Gasteiger partial charge in [-0.3, -0.25) is 37.3 Å². The summed E-state index contributed by atoms with van der Waals surface area (Å²) in [4.78, 5) is 73.0. The van der Waals surface area contributed by atoms with E-state index in [9.17, 15) is 43.2 Å². The molecule has 6 atom stereocenters. The van der Waals surface area contributed by atoms with Crippen molar-refractivity contribution in [3.63, 3.8) is 0 Å². The van der Waals surface area contributed by atoms with Gasteiger partial charge < -0.3 is 33.8 Å². The molecule has 0 aliphatic rings. The average molecular weight is 1490 g/mol. The second-order valence-corrected chi connectivity index (χ2v) is 33.0. The van der Waals surface area contributed by atoms with Crippen LogP contribution in [0, 0.1) is 5.92 Å². The van der Waals surface area contributed by atoms with Gasteiger partial charge in [-0.25, -0.2) is 9.13 Å². The Bertz CT molecular complexity index is 1950. The number of phosphoric acid groups is 2. The first-order valence-corrected chi connectivity index (χ1v) is 46.2. The molecule has 3 unspecified atom stereocenters. The van der Waals surface area contributed by atoms with E-state index < -0.39 is 97.5 Å². The van der Waals surface area contributed by atoms with Gasteiger partial charge in [-0.15, -0.1) is 0 Å². The molecular weight excluding hydrogens is 1330 g/mol. The van der Waals surface area contributed by atoms with Gasteiger partial charge in [0.05, 0.1) is 26.4 Å². The van der Waals surface area contributed by atoms with Gasteiger partial charge in [-0.2, -0.15) is 0 Å². The fraction of sp³-hybridized carbons (Fsp3) is 0.952. The summed E-state index contributed by atoms with van der Waals surface area (Å²) in [5, 5.41) is 10.6. The maximum Gasteiger partial charge on any atom is 0.472 e. The lowest BCUT2D eigenvalue weighted by Gasteiger charge is -2.21. The lowest BCUT2D eigenvalue weighted by atomic mass is 9.99. The zero-order chi connectivity index (χ0) is 74.8. The van der Waals surface area contributed by atoms with E-state index in [1.165, 1.54) is 270 Å². The Kier molecular flexibility index (Phi) is 74.4. The molecule has 0 aromatic heterocycles. The van der Waals surface area contributed by atoms with Crippen LogP contribution in [0.4, 0.5) is 0 Å². The molecule has 0 bridgehead atoms. The van der Waals surface area contributed by atoms with Crippen molar-refractivity contribution in [2.24, 2.45) is 5.92 Å². The highest BCUT2D eigenvalue weighted by Crippen LogP contribution is 2.45. The first kappa shape index (κ1) is 100. The highest BCUT2D eigenvalue weighted by atomic mass is 31.2. The Balaban J connectivity index is 5.18. The van der Waals surface area contributed by atoms with Gasteiger partial charge in [-0.1, -0.05) is 394 Å². The maximum atomic E-state index is 13.1. The molecule has 17 nitrogen and oxygen atoms in total. The van der Waals surface area contributed by atoms with Crippen molar-refractivity contribution in [1.82, 2.24) is 0 Å². The van der Waals surface area contributed by atoms with E-state index >= 15 is 0 Å². The molecule has 606 valence electrons. The Morgan fingerprint density at radius 1 is 0.275 bits per heavy atom. The molecule has 0 aromatic rings. The van der Waals surface area contributed by atoms with Crippen LogP contribution in [0.3, 0.4) is 0 Å². The summed E-state index contributed by atoms with van der Waals surface area (Å²) in [7, 11) is -9.92. The van der Waals surface area contributed by atoms with E-state index in [4.69, 9.17) is 37.0 Å². The van der Waals surface area contributed by atoms with Gasteiger partial charge >= 0.3 is 39.5 Å². The molecule has 0 amide bonds. The summed E-state index contributed by atoms with van der Waals surface area (Å²) < 4.78 is 68.7. The van der Waals surface area contributed by atoms with E-state index in [-0.39, 0.29) is 25.7 Å². The number of esters is 4. The summed E-state index contributed by atoms with van der Waals surface area (Å²) >= 11 is 0. The highest BCUT2D eigenvalue weighted by molar-refractivity contribution is 7.47. The molecule has 102 heavy (non-hydrogen) atoms. The van der Waals surface area contributed by atoms with E-state index in [0.29, 0.717) is 25.7 Å². The lowest BCUT2D eigenvalue weighted by molar-refractivity contribution is -0.161.